The van der Waals surface area contributed by atoms with Gasteiger partial charge in [0.05, 0.1) is 6.54 Å². The molecule has 0 saturated heterocycles. The number of aryl methyl sites for hydroxylation is 1. The summed E-state index contributed by atoms with van der Waals surface area (Å²) in [5, 5.41) is 3.62. The van der Waals surface area contributed by atoms with Gasteiger partial charge in [-0.3, -0.25) is 0 Å². The van der Waals surface area contributed by atoms with Gasteiger partial charge in [-0.2, -0.15) is 0 Å². The minimum atomic E-state index is 0.557. The van der Waals surface area contributed by atoms with Gasteiger partial charge in [0.1, 0.15) is 5.82 Å². The molecule has 90 valence electrons. The lowest BCUT2D eigenvalue weighted by Crippen LogP contribution is -2.35. The molecule has 1 aromatic rings. The largest absolute Gasteiger partial charge is 0.337 e. The lowest BCUT2D eigenvalue weighted by molar-refractivity contribution is 0.205. The summed E-state index contributed by atoms with van der Waals surface area (Å²) in [6.07, 6.45) is 9.15. The zero-order valence-corrected chi connectivity index (χ0v) is 10.7. The Hall–Kier alpha value is -0.830. The Morgan fingerprint density at radius 2 is 2.12 bits per heavy atom. The highest BCUT2D eigenvalue weighted by Gasteiger charge is 2.26. The number of hydrogen-bond donors (Lipinski definition) is 1. The standard InChI is InChI=1S/C13H23N3/c1-13(2)6-4-11(5-7-13)15-10-12-14-8-9-16(12)3/h8-9,11,15H,4-7,10H2,1-3H3. The summed E-state index contributed by atoms with van der Waals surface area (Å²) in [5.74, 6) is 1.13. The molecule has 2 rings (SSSR count). The molecule has 0 amide bonds. The Morgan fingerprint density at radius 3 is 2.69 bits per heavy atom. The molecule has 3 heteroatoms. The second-order valence-electron chi connectivity index (χ2n) is 5.77. The van der Waals surface area contributed by atoms with Gasteiger partial charge in [-0.1, -0.05) is 13.8 Å². The number of nitrogens with one attached hydrogen (secondary N) is 1. The zero-order chi connectivity index (χ0) is 11.6. The molecule has 3 nitrogen and oxygen atoms in total. The average molecular weight is 221 g/mol. The highest BCUT2D eigenvalue weighted by atomic mass is 15.1. The van der Waals surface area contributed by atoms with Crippen LogP contribution < -0.4 is 5.32 Å². The van der Waals surface area contributed by atoms with Crippen molar-refractivity contribution in [3.05, 3.63) is 18.2 Å². The lowest BCUT2D eigenvalue weighted by Gasteiger charge is -2.34. The van der Waals surface area contributed by atoms with Crippen molar-refractivity contribution in [2.45, 2.75) is 52.1 Å². The van der Waals surface area contributed by atoms with Crippen molar-refractivity contribution in [2.75, 3.05) is 0 Å². The second kappa shape index (κ2) is 4.58. The van der Waals surface area contributed by atoms with E-state index in [0.717, 1.165) is 12.4 Å². The summed E-state index contributed by atoms with van der Waals surface area (Å²) in [7, 11) is 2.05. The Morgan fingerprint density at radius 1 is 1.44 bits per heavy atom. The molecule has 0 bridgehead atoms. The van der Waals surface area contributed by atoms with Crippen molar-refractivity contribution in [1.82, 2.24) is 14.9 Å². The van der Waals surface area contributed by atoms with Gasteiger partial charge >= 0.3 is 0 Å². The first-order valence-corrected chi connectivity index (χ1v) is 6.26. The average Bonchev–Trinajstić information content (AvgIpc) is 2.63. The molecule has 0 aliphatic heterocycles. The number of rotatable bonds is 3. The van der Waals surface area contributed by atoms with E-state index >= 15 is 0 Å². The van der Waals surface area contributed by atoms with Gasteiger partial charge in [-0.25, -0.2) is 4.98 Å². The third-order valence-electron chi connectivity index (χ3n) is 3.81. The van der Waals surface area contributed by atoms with Crippen LogP contribution in [0, 0.1) is 5.41 Å². The summed E-state index contributed by atoms with van der Waals surface area (Å²) in [4.78, 5) is 4.33. The predicted octanol–water partition coefficient (Wildman–Crippen LogP) is 2.48. The summed E-state index contributed by atoms with van der Waals surface area (Å²) in [6.45, 7) is 5.65. The van der Waals surface area contributed by atoms with Gasteiger partial charge in [0, 0.05) is 25.5 Å². The first-order valence-electron chi connectivity index (χ1n) is 6.26. The number of imidazole rings is 1. The van der Waals surface area contributed by atoms with Crippen LogP contribution in [0.25, 0.3) is 0 Å². The maximum Gasteiger partial charge on any atom is 0.122 e. The molecule has 0 aromatic carbocycles. The summed E-state index contributed by atoms with van der Waals surface area (Å²) in [5.41, 5.74) is 0.557. The van der Waals surface area contributed by atoms with E-state index < -0.39 is 0 Å². The van der Waals surface area contributed by atoms with Crippen molar-refractivity contribution in [1.29, 1.82) is 0 Å². The van der Waals surface area contributed by atoms with Gasteiger partial charge in [-0.15, -0.1) is 0 Å². The Bertz CT molecular complexity index is 331. The van der Waals surface area contributed by atoms with E-state index in [2.05, 4.69) is 28.7 Å². The third-order valence-corrected chi connectivity index (χ3v) is 3.81. The molecule has 16 heavy (non-hydrogen) atoms. The van der Waals surface area contributed by atoms with E-state index in [0.29, 0.717) is 11.5 Å². The molecular weight excluding hydrogens is 198 g/mol. The Labute approximate surface area is 98.3 Å². The molecule has 0 unspecified atom stereocenters. The van der Waals surface area contributed by atoms with E-state index in [1.807, 2.05) is 19.4 Å². The first-order chi connectivity index (χ1) is 7.57. The molecule has 1 N–H and O–H groups in total. The summed E-state index contributed by atoms with van der Waals surface area (Å²) >= 11 is 0. The van der Waals surface area contributed by atoms with E-state index in [1.165, 1.54) is 25.7 Å². The highest BCUT2D eigenvalue weighted by molar-refractivity contribution is 4.92. The number of hydrogen-bond acceptors (Lipinski definition) is 2. The van der Waals surface area contributed by atoms with Crippen LogP contribution >= 0.6 is 0 Å². The maximum absolute atomic E-state index is 4.33. The Kier molecular flexibility index (Phi) is 3.33. The van der Waals surface area contributed by atoms with Crippen molar-refractivity contribution < 1.29 is 0 Å². The van der Waals surface area contributed by atoms with Crippen molar-refractivity contribution in [2.24, 2.45) is 12.5 Å². The molecule has 1 aliphatic rings. The van der Waals surface area contributed by atoms with E-state index in [1.54, 1.807) is 0 Å². The van der Waals surface area contributed by atoms with Gasteiger partial charge in [-0.05, 0) is 31.1 Å². The fraction of sp³-hybridized carbons (Fsp3) is 0.769. The quantitative estimate of drug-likeness (QED) is 0.850. The second-order valence-corrected chi connectivity index (χ2v) is 5.77. The van der Waals surface area contributed by atoms with Gasteiger partial charge in [0.2, 0.25) is 0 Å². The van der Waals surface area contributed by atoms with Crippen LogP contribution in [-0.2, 0) is 13.6 Å². The highest BCUT2D eigenvalue weighted by Crippen LogP contribution is 2.34. The monoisotopic (exact) mass is 221 g/mol. The SMILES string of the molecule is Cn1ccnc1CNC1CCC(C)(C)CC1. The number of aromatic nitrogens is 2. The minimum Gasteiger partial charge on any atom is -0.337 e. The molecule has 0 radical (unpaired) electrons. The molecule has 0 spiro atoms. The normalized spacial score (nSPS) is 21.2. The molecule has 0 atom stereocenters. The van der Waals surface area contributed by atoms with E-state index in [4.69, 9.17) is 0 Å². The lowest BCUT2D eigenvalue weighted by atomic mass is 9.75. The zero-order valence-electron chi connectivity index (χ0n) is 10.7. The topological polar surface area (TPSA) is 29.9 Å². The van der Waals surface area contributed by atoms with Crippen LogP contribution in [0.1, 0.15) is 45.4 Å². The van der Waals surface area contributed by atoms with E-state index in [-0.39, 0.29) is 0 Å². The molecule has 1 heterocycles. The fourth-order valence-corrected chi connectivity index (χ4v) is 2.41. The fourth-order valence-electron chi connectivity index (χ4n) is 2.41. The molecular formula is C13H23N3. The van der Waals surface area contributed by atoms with Crippen LogP contribution in [-0.4, -0.2) is 15.6 Å². The van der Waals surface area contributed by atoms with Crippen molar-refractivity contribution in [3.8, 4) is 0 Å². The van der Waals surface area contributed by atoms with Crippen LogP contribution in [0.15, 0.2) is 12.4 Å². The van der Waals surface area contributed by atoms with Crippen LogP contribution in [0.2, 0.25) is 0 Å². The summed E-state index contributed by atoms with van der Waals surface area (Å²) in [6, 6.07) is 0.685. The van der Waals surface area contributed by atoms with Gasteiger partial charge < -0.3 is 9.88 Å². The van der Waals surface area contributed by atoms with Crippen LogP contribution in [0.3, 0.4) is 0 Å². The summed E-state index contributed by atoms with van der Waals surface area (Å²) < 4.78 is 2.08. The van der Waals surface area contributed by atoms with Crippen molar-refractivity contribution in [3.63, 3.8) is 0 Å². The molecule has 1 fully saturated rings. The van der Waals surface area contributed by atoms with Crippen LogP contribution in [0.5, 0.6) is 0 Å². The first kappa shape index (κ1) is 11.6. The van der Waals surface area contributed by atoms with Gasteiger partial charge in [0.25, 0.3) is 0 Å². The minimum absolute atomic E-state index is 0.557. The van der Waals surface area contributed by atoms with E-state index in [9.17, 15) is 0 Å². The molecule has 1 aromatic heterocycles. The Balaban J connectivity index is 1.78. The van der Waals surface area contributed by atoms with Crippen molar-refractivity contribution >= 4 is 0 Å². The third kappa shape index (κ3) is 2.85. The van der Waals surface area contributed by atoms with Crippen LogP contribution in [0.4, 0.5) is 0 Å². The maximum atomic E-state index is 4.33. The molecule has 1 saturated carbocycles. The van der Waals surface area contributed by atoms with Gasteiger partial charge in [0.15, 0.2) is 0 Å². The molecule has 1 aliphatic carbocycles. The number of nitrogens with zero attached hydrogens (tertiary/aromatic N) is 2. The smallest absolute Gasteiger partial charge is 0.122 e. The predicted molar refractivity (Wildman–Crippen MR) is 66.1 cm³/mol.